The lowest BCUT2D eigenvalue weighted by Crippen LogP contribution is -2.46. The smallest absolute Gasteiger partial charge is 0.287 e. The van der Waals surface area contributed by atoms with Gasteiger partial charge in [0.15, 0.2) is 15.6 Å². The monoisotopic (exact) mass is 401 g/mol. The molecule has 0 spiro atoms. The summed E-state index contributed by atoms with van der Waals surface area (Å²) in [4.78, 5) is 13.0. The predicted molar refractivity (Wildman–Crippen MR) is 107 cm³/mol. The lowest BCUT2D eigenvalue weighted by molar-refractivity contribution is 0.0799. The molecule has 0 radical (unpaired) electrons. The molecule has 1 aromatic heterocycles. The van der Waals surface area contributed by atoms with E-state index >= 15 is 0 Å². The average molecular weight is 402 g/mol. The second-order valence-electron chi connectivity index (χ2n) is 8.97. The SMILES string of the molecule is CC1(C)[C@@H]2CC[C@]1(C)[C@@H](NC(=O)c1ccc(CS(=O)(=O)c3ccccc3)o1)C2. The Hall–Kier alpha value is -2.08. The number of carbonyl (C=O) groups is 1. The van der Waals surface area contributed by atoms with E-state index in [4.69, 9.17) is 4.42 Å². The van der Waals surface area contributed by atoms with Crippen LogP contribution >= 0.6 is 0 Å². The number of rotatable bonds is 5. The summed E-state index contributed by atoms with van der Waals surface area (Å²) in [6, 6.07) is 11.5. The van der Waals surface area contributed by atoms with Crippen LogP contribution in [0.3, 0.4) is 0 Å². The van der Waals surface area contributed by atoms with E-state index in [-0.39, 0.29) is 44.9 Å². The van der Waals surface area contributed by atoms with Crippen LogP contribution in [0.15, 0.2) is 51.8 Å². The molecule has 2 fully saturated rings. The van der Waals surface area contributed by atoms with Crippen LogP contribution in [-0.2, 0) is 15.6 Å². The molecule has 3 atom stereocenters. The van der Waals surface area contributed by atoms with Gasteiger partial charge in [0.2, 0.25) is 0 Å². The van der Waals surface area contributed by atoms with Gasteiger partial charge < -0.3 is 9.73 Å². The Morgan fingerprint density at radius 2 is 1.86 bits per heavy atom. The molecule has 0 aliphatic heterocycles. The second-order valence-corrected chi connectivity index (χ2v) is 11.0. The van der Waals surface area contributed by atoms with E-state index in [2.05, 4.69) is 26.1 Å². The highest BCUT2D eigenvalue weighted by atomic mass is 32.2. The summed E-state index contributed by atoms with van der Waals surface area (Å²) < 4.78 is 30.6. The Morgan fingerprint density at radius 3 is 2.46 bits per heavy atom. The van der Waals surface area contributed by atoms with Gasteiger partial charge in [0.05, 0.1) is 4.90 Å². The Bertz CT molecular complexity index is 993. The molecule has 1 heterocycles. The average Bonchev–Trinajstić information content (AvgIpc) is 3.25. The lowest BCUT2D eigenvalue weighted by Gasteiger charge is -2.39. The Morgan fingerprint density at radius 1 is 1.14 bits per heavy atom. The van der Waals surface area contributed by atoms with E-state index in [0.29, 0.717) is 5.92 Å². The van der Waals surface area contributed by atoms with E-state index in [1.54, 1.807) is 42.5 Å². The maximum Gasteiger partial charge on any atom is 0.287 e. The van der Waals surface area contributed by atoms with Crippen LogP contribution in [0.1, 0.15) is 56.3 Å². The van der Waals surface area contributed by atoms with Crippen LogP contribution in [-0.4, -0.2) is 20.4 Å². The standard InChI is InChI=1S/C22H27NO4S/c1-21(2)15-11-12-22(21,3)19(13-15)23-20(24)18-10-9-16(27-18)14-28(25,26)17-7-5-4-6-8-17/h4-10,15,19H,11-14H2,1-3H3,(H,23,24)/t15-,19+,22-/m1/s1. The van der Waals surface area contributed by atoms with E-state index < -0.39 is 9.84 Å². The van der Waals surface area contributed by atoms with Gasteiger partial charge in [0, 0.05) is 6.04 Å². The summed E-state index contributed by atoms with van der Waals surface area (Å²) in [7, 11) is -3.51. The molecule has 150 valence electrons. The third kappa shape index (κ3) is 2.98. The molecular formula is C22H27NO4S. The van der Waals surface area contributed by atoms with Gasteiger partial charge in [-0.05, 0) is 60.3 Å². The second kappa shape index (κ2) is 6.48. The molecule has 4 rings (SSSR count). The number of furan rings is 1. The van der Waals surface area contributed by atoms with Gasteiger partial charge in [-0.2, -0.15) is 0 Å². The maximum absolute atomic E-state index is 12.7. The van der Waals surface area contributed by atoms with E-state index in [9.17, 15) is 13.2 Å². The Labute approximate surface area is 166 Å². The van der Waals surface area contributed by atoms with Crippen LogP contribution in [0.4, 0.5) is 0 Å². The molecule has 2 aromatic rings. The van der Waals surface area contributed by atoms with Gasteiger partial charge in [-0.1, -0.05) is 39.0 Å². The summed E-state index contributed by atoms with van der Waals surface area (Å²) in [5.41, 5.74) is 0.294. The molecule has 6 heteroatoms. The maximum atomic E-state index is 12.7. The zero-order valence-electron chi connectivity index (χ0n) is 16.6. The van der Waals surface area contributed by atoms with E-state index in [1.807, 2.05) is 0 Å². The van der Waals surface area contributed by atoms with Gasteiger partial charge >= 0.3 is 0 Å². The third-order valence-corrected chi connectivity index (χ3v) is 9.07. The van der Waals surface area contributed by atoms with Crippen molar-refractivity contribution >= 4 is 15.7 Å². The fourth-order valence-electron chi connectivity index (χ4n) is 5.13. The number of carbonyl (C=O) groups excluding carboxylic acids is 1. The summed E-state index contributed by atoms with van der Waals surface area (Å²) in [6.45, 7) is 6.87. The zero-order valence-corrected chi connectivity index (χ0v) is 17.4. The first kappa shape index (κ1) is 19.2. The number of benzene rings is 1. The molecule has 1 amide bonds. The van der Waals surface area contributed by atoms with Crippen molar-refractivity contribution in [2.24, 2.45) is 16.7 Å². The van der Waals surface area contributed by atoms with Crippen molar-refractivity contribution in [3.8, 4) is 0 Å². The molecule has 0 unspecified atom stereocenters. The van der Waals surface area contributed by atoms with Gasteiger partial charge in [-0.3, -0.25) is 4.79 Å². The molecule has 2 aliphatic rings. The normalized spacial score (nSPS) is 28.4. The minimum atomic E-state index is -3.51. The quantitative estimate of drug-likeness (QED) is 0.815. The first-order chi connectivity index (χ1) is 13.1. The number of amides is 1. The summed E-state index contributed by atoms with van der Waals surface area (Å²) in [6.07, 6.45) is 3.33. The van der Waals surface area contributed by atoms with Crippen molar-refractivity contribution in [3.05, 3.63) is 54.0 Å². The highest BCUT2D eigenvalue weighted by molar-refractivity contribution is 7.90. The van der Waals surface area contributed by atoms with E-state index in [0.717, 1.165) is 12.8 Å². The van der Waals surface area contributed by atoms with Crippen molar-refractivity contribution < 1.29 is 17.6 Å². The first-order valence-electron chi connectivity index (χ1n) is 9.81. The van der Waals surface area contributed by atoms with Crippen LogP contribution in [0.5, 0.6) is 0 Å². The van der Waals surface area contributed by atoms with Crippen LogP contribution < -0.4 is 5.32 Å². The van der Waals surface area contributed by atoms with Gasteiger partial charge in [-0.15, -0.1) is 0 Å². The molecule has 2 bridgehead atoms. The van der Waals surface area contributed by atoms with Gasteiger partial charge in [-0.25, -0.2) is 8.42 Å². The Kier molecular flexibility index (Phi) is 4.45. The number of fused-ring (bicyclic) bond motifs is 2. The summed E-state index contributed by atoms with van der Waals surface area (Å²) >= 11 is 0. The number of sulfone groups is 1. The molecule has 1 N–H and O–H groups in total. The largest absolute Gasteiger partial charge is 0.455 e. The number of hydrogen-bond acceptors (Lipinski definition) is 4. The molecule has 2 saturated carbocycles. The topological polar surface area (TPSA) is 76.4 Å². The lowest BCUT2D eigenvalue weighted by atomic mass is 9.69. The van der Waals surface area contributed by atoms with Crippen molar-refractivity contribution in [3.63, 3.8) is 0 Å². The fraction of sp³-hybridized carbons (Fsp3) is 0.500. The predicted octanol–water partition coefficient (Wildman–Crippen LogP) is 4.20. The number of hydrogen-bond donors (Lipinski definition) is 1. The molecule has 2 aliphatic carbocycles. The number of nitrogens with one attached hydrogen (secondary N) is 1. The summed E-state index contributed by atoms with van der Waals surface area (Å²) in [5.74, 6) is 0.542. The Balaban J connectivity index is 1.46. The van der Waals surface area contributed by atoms with Crippen LogP contribution in [0, 0.1) is 16.7 Å². The van der Waals surface area contributed by atoms with Crippen LogP contribution in [0.25, 0.3) is 0 Å². The molecule has 5 nitrogen and oxygen atoms in total. The van der Waals surface area contributed by atoms with Gasteiger partial charge in [0.25, 0.3) is 5.91 Å². The molecule has 0 saturated heterocycles. The first-order valence-corrected chi connectivity index (χ1v) is 11.5. The molecular weight excluding hydrogens is 374 g/mol. The minimum Gasteiger partial charge on any atom is -0.455 e. The minimum absolute atomic E-state index is 0.0827. The highest BCUT2D eigenvalue weighted by Gasteiger charge is 2.61. The summed E-state index contributed by atoms with van der Waals surface area (Å²) in [5, 5.41) is 3.15. The fourth-order valence-corrected chi connectivity index (χ4v) is 6.40. The van der Waals surface area contributed by atoms with Crippen molar-refractivity contribution in [1.29, 1.82) is 0 Å². The molecule has 28 heavy (non-hydrogen) atoms. The zero-order chi connectivity index (χ0) is 20.2. The molecule has 1 aromatic carbocycles. The third-order valence-electron chi connectivity index (χ3n) is 7.42. The van der Waals surface area contributed by atoms with Crippen molar-refractivity contribution in [1.82, 2.24) is 5.32 Å². The van der Waals surface area contributed by atoms with Crippen LogP contribution in [0.2, 0.25) is 0 Å². The van der Waals surface area contributed by atoms with E-state index in [1.165, 1.54) is 6.42 Å². The highest BCUT2D eigenvalue weighted by Crippen LogP contribution is 2.65. The van der Waals surface area contributed by atoms with Crippen molar-refractivity contribution in [2.45, 2.75) is 56.7 Å². The van der Waals surface area contributed by atoms with Crippen molar-refractivity contribution in [2.75, 3.05) is 0 Å². The van der Waals surface area contributed by atoms with Gasteiger partial charge in [0.1, 0.15) is 11.5 Å².